The predicted molar refractivity (Wildman–Crippen MR) is 49.0 cm³/mol. The molecular formula is C8H13N2NaO3. The summed E-state index contributed by atoms with van der Waals surface area (Å²) in [6.45, 7) is 9.25. The topological polar surface area (TPSA) is 95.2 Å². The third-order valence-electron chi connectivity index (χ3n) is 0.353. The summed E-state index contributed by atoms with van der Waals surface area (Å²) in [6, 6.07) is 0. The van der Waals surface area contributed by atoms with E-state index in [1.54, 1.807) is 0 Å². The van der Waals surface area contributed by atoms with Gasteiger partial charge >= 0.3 is 29.6 Å². The standard InChI is InChI=1S/C3H5NO.C3H4O2.C2H5N.Na/c1-2-4-3-5;1-2-3(4)5;1-2-3;/h2-3H,1H2,(H,4,5);2H,1H2,(H,4,5);2H,1,3H2;/q;;;+1/p-1. The van der Waals surface area contributed by atoms with Gasteiger partial charge in [-0.25, -0.2) is 0 Å². The molecule has 0 aromatic carbocycles. The molecule has 0 atom stereocenters. The number of carbonyl (C=O) groups is 2. The van der Waals surface area contributed by atoms with Crippen molar-refractivity contribution < 1.29 is 44.3 Å². The first-order valence-corrected chi connectivity index (χ1v) is 3.07. The van der Waals surface area contributed by atoms with Crippen LogP contribution in [0.3, 0.4) is 0 Å². The molecule has 0 saturated heterocycles. The number of nitrogens with two attached hydrogens (primary N) is 1. The zero-order valence-electron chi connectivity index (χ0n) is 8.23. The molecule has 1 amide bonds. The molecule has 74 valence electrons. The van der Waals surface area contributed by atoms with Gasteiger partial charge < -0.3 is 21.0 Å². The number of rotatable bonds is 3. The first-order chi connectivity index (χ1) is 6.10. The first-order valence-electron chi connectivity index (χ1n) is 3.07. The fraction of sp³-hybridized carbons (Fsp3) is 0. The monoisotopic (exact) mass is 208 g/mol. The van der Waals surface area contributed by atoms with Gasteiger partial charge in [-0.05, 0) is 18.5 Å². The molecule has 0 unspecified atom stereocenters. The molecule has 0 rings (SSSR count). The molecule has 0 fully saturated rings. The molecule has 0 radical (unpaired) electrons. The zero-order chi connectivity index (χ0) is 11.1. The number of carboxylic acid groups (broad SMARTS) is 1. The van der Waals surface area contributed by atoms with Gasteiger partial charge in [0.15, 0.2) is 0 Å². The van der Waals surface area contributed by atoms with E-state index in [4.69, 9.17) is 9.90 Å². The number of amides is 1. The smallest absolute Gasteiger partial charge is 0.545 e. The summed E-state index contributed by atoms with van der Waals surface area (Å²) in [7, 11) is 0. The summed E-state index contributed by atoms with van der Waals surface area (Å²) in [6.07, 6.45) is 3.85. The van der Waals surface area contributed by atoms with Crippen LogP contribution in [0.15, 0.2) is 38.2 Å². The van der Waals surface area contributed by atoms with Gasteiger partial charge in [0.25, 0.3) is 0 Å². The van der Waals surface area contributed by atoms with Crippen molar-refractivity contribution in [3.8, 4) is 0 Å². The van der Waals surface area contributed by atoms with Crippen molar-refractivity contribution in [2.75, 3.05) is 0 Å². The average molecular weight is 208 g/mol. The summed E-state index contributed by atoms with van der Waals surface area (Å²) < 4.78 is 0. The second-order valence-electron chi connectivity index (χ2n) is 1.25. The van der Waals surface area contributed by atoms with Crippen molar-refractivity contribution in [3.63, 3.8) is 0 Å². The number of aliphatic carboxylic acids is 1. The Kier molecular flexibility index (Phi) is 48.9. The van der Waals surface area contributed by atoms with E-state index < -0.39 is 5.97 Å². The molecule has 3 N–H and O–H groups in total. The van der Waals surface area contributed by atoms with Crippen molar-refractivity contribution in [1.29, 1.82) is 0 Å². The quantitative estimate of drug-likeness (QED) is 0.280. The van der Waals surface area contributed by atoms with Gasteiger partial charge in [0.2, 0.25) is 6.41 Å². The van der Waals surface area contributed by atoms with E-state index in [0.29, 0.717) is 6.41 Å². The maximum absolute atomic E-state index is 9.22. The molecule has 14 heavy (non-hydrogen) atoms. The fourth-order valence-corrected chi connectivity index (χ4v) is 0.0481. The van der Waals surface area contributed by atoms with Crippen LogP contribution in [-0.2, 0) is 9.59 Å². The maximum Gasteiger partial charge on any atom is 1.00 e. The van der Waals surface area contributed by atoms with E-state index in [9.17, 15) is 4.79 Å². The largest absolute Gasteiger partial charge is 1.00 e. The summed E-state index contributed by atoms with van der Waals surface area (Å²) in [5, 5.41) is 11.3. The summed E-state index contributed by atoms with van der Waals surface area (Å²) in [5.74, 6) is -1.23. The van der Waals surface area contributed by atoms with Crippen LogP contribution in [0.25, 0.3) is 0 Å². The van der Waals surface area contributed by atoms with Gasteiger partial charge in [-0.15, -0.1) is 0 Å². The molecule has 0 saturated carbocycles. The van der Waals surface area contributed by atoms with Crippen molar-refractivity contribution >= 4 is 12.4 Å². The predicted octanol–water partition coefficient (Wildman–Crippen LogP) is -4.11. The second-order valence-corrected chi connectivity index (χ2v) is 1.25. The van der Waals surface area contributed by atoms with Crippen LogP contribution in [-0.4, -0.2) is 12.4 Å². The Bertz CT molecular complexity index is 166. The Labute approximate surface area is 106 Å². The Morgan fingerprint density at radius 2 is 1.64 bits per heavy atom. The van der Waals surface area contributed by atoms with Crippen molar-refractivity contribution in [1.82, 2.24) is 5.32 Å². The van der Waals surface area contributed by atoms with E-state index in [-0.39, 0.29) is 29.6 Å². The number of nitrogens with one attached hydrogen (secondary N) is 1. The second kappa shape index (κ2) is 29.7. The number of carboxylic acids is 1. The van der Waals surface area contributed by atoms with Crippen molar-refractivity contribution in [3.05, 3.63) is 38.2 Å². The summed E-state index contributed by atoms with van der Waals surface area (Å²) in [4.78, 5) is 18.4. The minimum absolute atomic E-state index is 0. The normalized spacial score (nSPS) is 5.14. The number of hydrogen-bond donors (Lipinski definition) is 2. The average Bonchev–Trinajstić information content (AvgIpc) is 2.08. The Hall–Kier alpha value is -1.04. The SMILES string of the molecule is C=CC(=O)[O-].C=CN.C=CNC=O.[Na+]. The molecule has 0 spiro atoms. The Morgan fingerprint density at radius 3 is 1.64 bits per heavy atom. The van der Waals surface area contributed by atoms with Crippen LogP contribution >= 0.6 is 0 Å². The van der Waals surface area contributed by atoms with Crippen molar-refractivity contribution in [2.24, 2.45) is 5.73 Å². The minimum atomic E-state index is -1.23. The molecule has 5 nitrogen and oxygen atoms in total. The van der Waals surface area contributed by atoms with E-state index in [0.717, 1.165) is 6.08 Å². The van der Waals surface area contributed by atoms with E-state index in [1.807, 2.05) is 0 Å². The zero-order valence-corrected chi connectivity index (χ0v) is 10.2. The summed E-state index contributed by atoms with van der Waals surface area (Å²) in [5.41, 5.74) is 4.61. The van der Waals surface area contributed by atoms with E-state index >= 15 is 0 Å². The van der Waals surface area contributed by atoms with Gasteiger partial charge in [-0.1, -0.05) is 19.7 Å². The molecular weight excluding hydrogens is 195 g/mol. The first kappa shape index (κ1) is 23.1. The molecule has 6 heteroatoms. The summed E-state index contributed by atoms with van der Waals surface area (Å²) >= 11 is 0. The van der Waals surface area contributed by atoms with Crippen LogP contribution < -0.4 is 45.7 Å². The third-order valence-corrected chi connectivity index (χ3v) is 0.353. The molecule has 0 aromatic heterocycles. The van der Waals surface area contributed by atoms with Crippen LogP contribution in [0.2, 0.25) is 0 Å². The Morgan fingerprint density at radius 1 is 1.36 bits per heavy atom. The van der Waals surface area contributed by atoms with Gasteiger partial charge in [-0.3, -0.25) is 4.79 Å². The number of carbonyl (C=O) groups excluding carboxylic acids is 2. The maximum atomic E-state index is 9.22. The molecule has 0 heterocycles. The van der Waals surface area contributed by atoms with Crippen LogP contribution in [0.4, 0.5) is 0 Å². The van der Waals surface area contributed by atoms with Crippen LogP contribution in [0, 0.1) is 0 Å². The van der Waals surface area contributed by atoms with Gasteiger partial charge in [0, 0.05) is 0 Å². The molecule has 0 aliphatic rings. The Balaban J connectivity index is -0.0000000535. The van der Waals surface area contributed by atoms with Crippen molar-refractivity contribution in [2.45, 2.75) is 0 Å². The molecule has 0 bridgehead atoms. The van der Waals surface area contributed by atoms with Gasteiger partial charge in [0.05, 0.1) is 5.97 Å². The van der Waals surface area contributed by atoms with Crippen LogP contribution in [0.1, 0.15) is 0 Å². The molecule has 0 aliphatic heterocycles. The van der Waals surface area contributed by atoms with Gasteiger partial charge in [-0.2, -0.15) is 0 Å². The van der Waals surface area contributed by atoms with Crippen LogP contribution in [0.5, 0.6) is 0 Å². The number of hydrogen-bond acceptors (Lipinski definition) is 4. The minimum Gasteiger partial charge on any atom is -0.545 e. The molecule has 0 aliphatic carbocycles. The van der Waals surface area contributed by atoms with Gasteiger partial charge in [0.1, 0.15) is 0 Å². The van der Waals surface area contributed by atoms with E-state index in [2.05, 4.69) is 30.8 Å². The van der Waals surface area contributed by atoms with E-state index in [1.165, 1.54) is 12.4 Å². The fourth-order valence-electron chi connectivity index (χ4n) is 0.0481. The molecule has 0 aromatic rings. The third kappa shape index (κ3) is 124.